The molecule has 0 unspecified atom stereocenters. The molecule has 6 heteroatoms. The fourth-order valence-corrected chi connectivity index (χ4v) is 2.59. The number of hydrogen-bond donors (Lipinski definition) is 1. The SMILES string of the molecule is COc1ccc(N(C)C2=C(c3ccc(F)cc3)C(=O)NC2=O)cc1. The van der Waals surface area contributed by atoms with E-state index in [1.54, 1.807) is 43.3 Å². The van der Waals surface area contributed by atoms with Gasteiger partial charge in [-0.25, -0.2) is 4.39 Å². The van der Waals surface area contributed by atoms with Gasteiger partial charge in [-0.1, -0.05) is 12.1 Å². The molecule has 122 valence electrons. The zero-order valence-electron chi connectivity index (χ0n) is 13.2. The molecule has 0 spiro atoms. The van der Waals surface area contributed by atoms with E-state index < -0.39 is 17.6 Å². The number of halogens is 1. The Hall–Kier alpha value is -3.15. The van der Waals surface area contributed by atoms with Crippen molar-refractivity contribution in [1.82, 2.24) is 5.32 Å². The standard InChI is InChI=1S/C18H15FN2O3/c1-21(13-7-9-14(24-2)10-8-13)16-15(17(22)20-18(16)23)11-3-5-12(19)6-4-11/h3-10H,1-2H3,(H,20,22,23). The average molecular weight is 326 g/mol. The molecule has 0 fully saturated rings. The number of anilines is 1. The second-order valence-electron chi connectivity index (χ2n) is 5.27. The summed E-state index contributed by atoms with van der Waals surface area (Å²) in [7, 11) is 3.26. The lowest BCUT2D eigenvalue weighted by Gasteiger charge is -2.20. The molecule has 0 saturated carbocycles. The Balaban J connectivity index is 2.07. The molecule has 3 rings (SSSR count). The molecule has 2 amide bonds. The van der Waals surface area contributed by atoms with Gasteiger partial charge in [-0.2, -0.15) is 0 Å². The maximum absolute atomic E-state index is 13.1. The molecule has 0 radical (unpaired) electrons. The average Bonchev–Trinajstić information content (AvgIpc) is 2.89. The Labute approximate surface area is 138 Å². The number of ether oxygens (including phenoxy) is 1. The van der Waals surface area contributed by atoms with Gasteiger partial charge in [0.1, 0.15) is 17.3 Å². The van der Waals surface area contributed by atoms with Crippen molar-refractivity contribution in [2.75, 3.05) is 19.1 Å². The largest absolute Gasteiger partial charge is 0.497 e. The highest BCUT2D eigenvalue weighted by atomic mass is 19.1. The molecule has 0 aliphatic carbocycles. The van der Waals surface area contributed by atoms with Crippen molar-refractivity contribution in [2.24, 2.45) is 0 Å². The summed E-state index contributed by atoms with van der Waals surface area (Å²) < 4.78 is 18.2. The van der Waals surface area contributed by atoms with Crippen LogP contribution in [0, 0.1) is 5.82 Å². The molecule has 0 bridgehead atoms. The van der Waals surface area contributed by atoms with Crippen LogP contribution in [0.4, 0.5) is 10.1 Å². The first-order valence-corrected chi connectivity index (χ1v) is 7.25. The van der Waals surface area contributed by atoms with Gasteiger partial charge in [-0.05, 0) is 42.0 Å². The predicted molar refractivity (Wildman–Crippen MR) is 87.9 cm³/mol. The number of methoxy groups -OCH3 is 1. The third-order valence-electron chi connectivity index (χ3n) is 3.83. The number of likely N-dealkylation sites (N-methyl/N-ethyl adjacent to an activating group) is 1. The third-order valence-corrected chi connectivity index (χ3v) is 3.83. The zero-order valence-corrected chi connectivity index (χ0v) is 13.2. The van der Waals surface area contributed by atoms with Crippen molar-refractivity contribution in [1.29, 1.82) is 0 Å². The number of amides is 2. The molecule has 1 aliphatic rings. The maximum Gasteiger partial charge on any atom is 0.275 e. The van der Waals surface area contributed by atoms with Crippen molar-refractivity contribution in [3.8, 4) is 5.75 Å². The van der Waals surface area contributed by atoms with Gasteiger partial charge in [0.05, 0.1) is 12.7 Å². The number of carbonyl (C=O) groups excluding carboxylic acids is 2. The maximum atomic E-state index is 13.1. The fraction of sp³-hybridized carbons (Fsp3) is 0.111. The van der Waals surface area contributed by atoms with Gasteiger partial charge < -0.3 is 9.64 Å². The van der Waals surface area contributed by atoms with Crippen molar-refractivity contribution < 1.29 is 18.7 Å². The summed E-state index contributed by atoms with van der Waals surface area (Å²) >= 11 is 0. The van der Waals surface area contributed by atoms with E-state index in [4.69, 9.17) is 4.74 Å². The van der Waals surface area contributed by atoms with Crippen LogP contribution in [-0.2, 0) is 9.59 Å². The molecular weight excluding hydrogens is 311 g/mol. The van der Waals surface area contributed by atoms with Crippen LogP contribution in [0.2, 0.25) is 0 Å². The van der Waals surface area contributed by atoms with Crippen LogP contribution < -0.4 is 15.0 Å². The first kappa shape index (κ1) is 15.7. The summed E-state index contributed by atoms with van der Waals surface area (Å²) in [6, 6.07) is 12.5. The number of carbonyl (C=O) groups is 2. The normalized spacial score (nSPS) is 14.0. The summed E-state index contributed by atoms with van der Waals surface area (Å²) in [5, 5.41) is 2.29. The lowest BCUT2D eigenvalue weighted by molar-refractivity contribution is -0.123. The van der Waals surface area contributed by atoms with Gasteiger partial charge >= 0.3 is 0 Å². The van der Waals surface area contributed by atoms with Crippen LogP contribution in [0.5, 0.6) is 5.75 Å². The van der Waals surface area contributed by atoms with Crippen molar-refractivity contribution in [3.05, 3.63) is 65.6 Å². The molecule has 24 heavy (non-hydrogen) atoms. The van der Waals surface area contributed by atoms with Gasteiger partial charge in [0.15, 0.2) is 0 Å². The summed E-state index contributed by atoms with van der Waals surface area (Å²) in [5.74, 6) is -0.708. The highest BCUT2D eigenvalue weighted by Crippen LogP contribution is 2.30. The quantitative estimate of drug-likeness (QED) is 0.876. The van der Waals surface area contributed by atoms with E-state index >= 15 is 0 Å². The smallest absolute Gasteiger partial charge is 0.275 e. The van der Waals surface area contributed by atoms with E-state index in [-0.39, 0.29) is 11.3 Å². The lowest BCUT2D eigenvalue weighted by Crippen LogP contribution is -2.28. The molecule has 0 atom stereocenters. The Morgan fingerprint density at radius 1 is 0.958 bits per heavy atom. The van der Waals surface area contributed by atoms with E-state index in [1.165, 1.54) is 24.3 Å². The summed E-state index contributed by atoms with van der Waals surface area (Å²) in [6.45, 7) is 0. The molecule has 2 aromatic rings. The number of nitrogens with zero attached hydrogens (tertiary/aromatic N) is 1. The molecule has 0 saturated heterocycles. The number of nitrogens with one attached hydrogen (secondary N) is 1. The Bertz CT molecular complexity index is 826. The highest BCUT2D eigenvalue weighted by molar-refractivity contribution is 6.36. The number of benzene rings is 2. The fourth-order valence-electron chi connectivity index (χ4n) is 2.59. The second kappa shape index (κ2) is 6.16. The lowest BCUT2D eigenvalue weighted by atomic mass is 10.0. The topological polar surface area (TPSA) is 58.6 Å². The summed E-state index contributed by atoms with van der Waals surface area (Å²) in [6.07, 6.45) is 0. The molecule has 1 heterocycles. The minimum absolute atomic E-state index is 0.219. The van der Waals surface area contributed by atoms with Gasteiger partial charge in [0.2, 0.25) is 0 Å². The minimum Gasteiger partial charge on any atom is -0.497 e. The number of imide groups is 1. The van der Waals surface area contributed by atoms with Crippen molar-refractivity contribution >= 4 is 23.1 Å². The first-order chi connectivity index (χ1) is 11.5. The molecule has 2 aromatic carbocycles. The third kappa shape index (κ3) is 2.74. The van der Waals surface area contributed by atoms with Crippen LogP contribution in [0.25, 0.3) is 5.57 Å². The van der Waals surface area contributed by atoms with Crippen molar-refractivity contribution in [2.45, 2.75) is 0 Å². The van der Waals surface area contributed by atoms with Crippen LogP contribution in [0.3, 0.4) is 0 Å². The van der Waals surface area contributed by atoms with Gasteiger partial charge in [0, 0.05) is 12.7 Å². The molecule has 1 aliphatic heterocycles. The Kier molecular flexibility index (Phi) is 4.04. The van der Waals surface area contributed by atoms with Crippen LogP contribution in [0.15, 0.2) is 54.2 Å². The van der Waals surface area contributed by atoms with Gasteiger partial charge in [-0.3, -0.25) is 14.9 Å². The van der Waals surface area contributed by atoms with E-state index in [0.29, 0.717) is 11.3 Å². The van der Waals surface area contributed by atoms with E-state index in [0.717, 1.165) is 5.69 Å². The van der Waals surface area contributed by atoms with E-state index in [2.05, 4.69) is 5.32 Å². The van der Waals surface area contributed by atoms with E-state index in [1.807, 2.05) is 0 Å². The van der Waals surface area contributed by atoms with Gasteiger partial charge in [-0.15, -0.1) is 0 Å². The summed E-state index contributed by atoms with van der Waals surface area (Å²) in [4.78, 5) is 26.1. The molecule has 5 nitrogen and oxygen atoms in total. The van der Waals surface area contributed by atoms with Crippen LogP contribution >= 0.6 is 0 Å². The van der Waals surface area contributed by atoms with Crippen LogP contribution in [-0.4, -0.2) is 26.0 Å². The van der Waals surface area contributed by atoms with Gasteiger partial charge in [0.25, 0.3) is 11.8 Å². The molecule has 0 aromatic heterocycles. The first-order valence-electron chi connectivity index (χ1n) is 7.25. The van der Waals surface area contributed by atoms with Crippen molar-refractivity contribution in [3.63, 3.8) is 0 Å². The van der Waals surface area contributed by atoms with E-state index in [9.17, 15) is 14.0 Å². The molecular formula is C18H15FN2O3. The zero-order chi connectivity index (χ0) is 17.3. The Morgan fingerprint density at radius 3 is 2.17 bits per heavy atom. The number of rotatable bonds is 4. The molecule has 1 N–H and O–H groups in total. The second-order valence-corrected chi connectivity index (χ2v) is 5.27. The number of hydrogen-bond acceptors (Lipinski definition) is 4. The Morgan fingerprint density at radius 2 is 1.58 bits per heavy atom. The van der Waals surface area contributed by atoms with Crippen LogP contribution in [0.1, 0.15) is 5.56 Å². The summed E-state index contributed by atoms with van der Waals surface area (Å²) in [5.41, 5.74) is 1.64. The predicted octanol–water partition coefficient (Wildman–Crippen LogP) is 2.34. The monoisotopic (exact) mass is 326 g/mol. The minimum atomic E-state index is -0.498. The highest BCUT2D eigenvalue weighted by Gasteiger charge is 2.34.